The lowest BCUT2D eigenvalue weighted by Gasteiger charge is -2.33. The summed E-state index contributed by atoms with van der Waals surface area (Å²) in [5.74, 6) is -0.473. The molecule has 0 spiro atoms. The summed E-state index contributed by atoms with van der Waals surface area (Å²) < 4.78 is 41.5. The van der Waals surface area contributed by atoms with Crippen molar-refractivity contribution in [3.8, 4) is 11.3 Å². The van der Waals surface area contributed by atoms with Crippen molar-refractivity contribution in [3.63, 3.8) is 0 Å². The Balaban J connectivity index is 1.47. The molecule has 0 radical (unpaired) electrons. The number of thiazole rings is 1. The number of hydrogen-bond acceptors (Lipinski definition) is 5. The first-order valence-corrected chi connectivity index (χ1v) is 12.7. The number of sulfonamides is 1. The topological polar surface area (TPSA) is 53.5 Å². The van der Waals surface area contributed by atoms with Crippen LogP contribution in [0.15, 0.2) is 51.1 Å². The maximum Gasteiger partial charge on any atom is 0.244 e. The van der Waals surface area contributed by atoms with E-state index in [9.17, 15) is 12.8 Å². The Kier molecular flexibility index (Phi) is 6.39. The summed E-state index contributed by atoms with van der Waals surface area (Å²) >= 11 is 16.8. The molecule has 1 aromatic heterocycles. The van der Waals surface area contributed by atoms with Gasteiger partial charge in [0.1, 0.15) is 10.7 Å². The Morgan fingerprint density at radius 1 is 1.03 bits per heavy atom. The van der Waals surface area contributed by atoms with Gasteiger partial charge in [-0.1, -0.05) is 39.1 Å². The smallest absolute Gasteiger partial charge is 0.244 e. The minimum Gasteiger partial charge on any atom is -0.345 e. The number of halogens is 4. The fourth-order valence-electron chi connectivity index (χ4n) is 3.14. The molecule has 1 fully saturated rings. The Hall–Kier alpha value is -1.23. The van der Waals surface area contributed by atoms with Crippen molar-refractivity contribution >= 4 is 65.6 Å². The van der Waals surface area contributed by atoms with Gasteiger partial charge in [0.05, 0.1) is 15.7 Å². The molecule has 30 heavy (non-hydrogen) atoms. The third-order valence-electron chi connectivity index (χ3n) is 4.73. The quantitative estimate of drug-likeness (QED) is 0.428. The number of nitrogens with zero attached hydrogens (tertiary/aromatic N) is 3. The summed E-state index contributed by atoms with van der Waals surface area (Å²) in [5.41, 5.74) is 1.43. The Morgan fingerprint density at radius 2 is 1.77 bits per heavy atom. The lowest BCUT2D eigenvalue weighted by molar-refractivity contribution is 0.385. The first-order valence-electron chi connectivity index (χ1n) is 8.87. The molecule has 0 amide bonds. The highest BCUT2D eigenvalue weighted by atomic mass is 79.9. The molecule has 0 unspecified atom stereocenters. The summed E-state index contributed by atoms with van der Waals surface area (Å²) in [6.45, 7) is 1.66. The highest BCUT2D eigenvalue weighted by Crippen LogP contribution is 2.32. The van der Waals surface area contributed by atoms with Gasteiger partial charge >= 0.3 is 0 Å². The highest BCUT2D eigenvalue weighted by Gasteiger charge is 2.31. The summed E-state index contributed by atoms with van der Waals surface area (Å²) in [6, 6.07) is 9.23. The van der Waals surface area contributed by atoms with E-state index >= 15 is 0 Å². The lowest BCUT2D eigenvalue weighted by atomic mass is 10.2. The second-order valence-electron chi connectivity index (χ2n) is 6.61. The molecule has 4 rings (SSSR count). The summed E-state index contributed by atoms with van der Waals surface area (Å²) in [4.78, 5) is 6.75. The molecule has 0 aliphatic carbocycles. The molecule has 1 aliphatic heterocycles. The molecule has 1 aliphatic rings. The van der Waals surface area contributed by atoms with Crippen molar-refractivity contribution in [2.24, 2.45) is 0 Å². The standard InChI is InChI=1S/C19H15BrCl2FN3O2S2/c20-13-2-4-18(15(22)10-13)30(27,28)26-7-5-25(6-8-26)19-24-17(11-29-19)12-1-3-16(23)14(21)9-12/h1-4,9-11H,5-8H2. The van der Waals surface area contributed by atoms with Crippen molar-refractivity contribution in [2.45, 2.75) is 4.90 Å². The van der Waals surface area contributed by atoms with Crippen LogP contribution in [0.4, 0.5) is 9.52 Å². The van der Waals surface area contributed by atoms with Crippen LogP contribution in [0.25, 0.3) is 11.3 Å². The minimum absolute atomic E-state index is 0.0486. The second-order valence-corrected chi connectivity index (χ2v) is 11.1. The molecule has 0 atom stereocenters. The number of aromatic nitrogens is 1. The van der Waals surface area contributed by atoms with Crippen LogP contribution >= 0.6 is 50.5 Å². The van der Waals surface area contributed by atoms with Crippen molar-refractivity contribution in [1.29, 1.82) is 0 Å². The van der Waals surface area contributed by atoms with Gasteiger partial charge in [-0.25, -0.2) is 17.8 Å². The van der Waals surface area contributed by atoms with E-state index in [2.05, 4.69) is 20.9 Å². The van der Waals surface area contributed by atoms with E-state index in [0.717, 1.165) is 15.2 Å². The van der Waals surface area contributed by atoms with Crippen molar-refractivity contribution < 1.29 is 12.8 Å². The van der Waals surface area contributed by atoms with Crippen LogP contribution in [0.5, 0.6) is 0 Å². The molecule has 3 aromatic rings. The Bertz CT molecular complexity index is 1200. The molecule has 1 saturated heterocycles. The van der Waals surface area contributed by atoms with Crippen LogP contribution in [0, 0.1) is 5.82 Å². The fourth-order valence-corrected chi connectivity index (χ4v) is 6.64. The van der Waals surface area contributed by atoms with Crippen LogP contribution in [0.2, 0.25) is 10.0 Å². The third-order valence-corrected chi connectivity index (χ3v) is 8.79. The van der Waals surface area contributed by atoms with Gasteiger partial charge in [-0.05, 0) is 36.4 Å². The van der Waals surface area contributed by atoms with Crippen molar-refractivity contribution in [1.82, 2.24) is 9.29 Å². The van der Waals surface area contributed by atoms with Gasteiger partial charge in [0.2, 0.25) is 10.0 Å². The van der Waals surface area contributed by atoms with E-state index in [1.54, 1.807) is 24.3 Å². The molecule has 5 nitrogen and oxygen atoms in total. The average molecular weight is 551 g/mol. The van der Waals surface area contributed by atoms with E-state index in [1.165, 1.54) is 27.8 Å². The highest BCUT2D eigenvalue weighted by molar-refractivity contribution is 9.10. The third kappa shape index (κ3) is 4.37. The van der Waals surface area contributed by atoms with Gasteiger partial charge in [-0.3, -0.25) is 0 Å². The average Bonchev–Trinajstić information content (AvgIpc) is 3.20. The van der Waals surface area contributed by atoms with Gasteiger partial charge in [-0.15, -0.1) is 11.3 Å². The number of benzene rings is 2. The monoisotopic (exact) mass is 549 g/mol. The molecule has 0 saturated carbocycles. The largest absolute Gasteiger partial charge is 0.345 e. The minimum atomic E-state index is -3.67. The molecule has 0 N–H and O–H groups in total. The molecule has 11 heteroatoms. The number of rotatable bonds is 4. The zero-order chi connectivity index (χ0) is 21.5. The maximum absolute atomic E-state index is 13.4. The van der Waals surface area contributed by atoms with E-state index in [4.69, 9.17) is 23.2 Å². The Labute approximate surface area is 196 Å². The first-order chi connectivity index (χ1) is 14.3. The van der Waals surface area contributed by atoms with Gasteiger partial charge in [-0.2, -0.15) is 4.31 Å². The van der Waals surface area contributed by atoms with E-state index < -0.39 is 15.8 Å². The van der Waals surface area contributed by atoms with Gasteiger partial charge in [0.25, 0.3) is 0 Å². The summed E-state index contributed by atoms with van der Waals surface area (Å²) in [5, 5.41) is 2.90. The molecule has 0 bridgehead atoms. The van der Waals surface area contributed by atoms with Crippen LogP contribution in [0.1, 0.15) is 0 Å². The summed E-state index contributed by atoms with van der Waals surface area (Å²) in [7, 11) is -3.67. The number of anilines is 1. The zero-order valence-corrected chi connectivity index (χ0v) is 20.1. The first kappa shape index (κ1) is 22.0. The fraction of sp³-hybridized carbons (Fsp3) is 0.211. The zero-order valence-electron chi connectivity index (χ0n) is 15.4. The number of piperazine rings is 1. The normalized spacial score (nSPS) is 15.5. The molecular formula is C19H15BrCl2FN3O2S2. The van der Waals surface area contributed by atoms with Crippen LogP contribution < -0.4 is 4.90 Å². The van der Waals surface area contributed by atoms with E-state index in [1.807, 2.05) is 10.3 Å². The number of hydrogen-bond donors (Lipinski definition) is 0. The van der Waals surface area contributed by atoms with Crippen LogP contribution in [-0.4, -0.2) is 43.9 Å². The second kappa shape index (κ2) is 8.72. The summed E-state index contributed by atoms with van der Waals surface area (Å²) in [6.07, 6.45) is 0. The molecule has 2 heterocycles. The van der Waals surface area contributed by atoms with Crippen LogP contribution in [-0.2, 0) is 10.0 Å². The maximum atomic E-state index is 13.4. The van der Waals surface area contributed by atoms with E-state index in [0.29, 0.717) is 31.9 Å². The van der Waals surface area contributed by atoms with Gasteiger partial charge < -0.3 is 4.90 Å². The molecule has 2 aromatic carbocycles. The Morgan fingerprint density at radius 3 is 2.43 bits per heavy atom. The van der Waals surface area contributed by atoms with Gasteiger partial charge in [0, 0.05) is 41.6 Å². The SMILES string of the molecule is O=S(=O)(c1ccc(Br)cc1Cl)N1CCN(c2nc(-c3ccc(F)c(Cl)c3)cs2)CC1. The lowest BCUT2D eigenvalue weighted by Crippen LogP contribution is -2.48. The predicted molar refractivity (Wildman–Crippen MR) is 123 cm³/mol. The molecular weight excluding hydrogens is 536 g/mol. The van der Waals surface area contributed by atoms with Crippen molar-refractivity contribution in [3.05, 3.63) is 62.1 Å². The van der Waals surface area contributed by atoms with Gasteiger partial charge in [0.15, 0.2) is 5.13 Å². The van der Waals surface area contributed by atoms with Crippen LogP contribution in [0.3, 0.4) is 0 Å². The van der Waals surface area contributed by atoms with Crippen molar-refractivity contribution in [2.75, 3.05) is 31.1 Å². The van der Waals surface area contributed by atoms with E-state index in [-0.39, 0.29) is 14.9 Å². The molecule has 158 valence electrons. The predicted octanol–water partition coefficient (Wildman–Crippen LogP) is 5.53.